The Kier molecular flexibility index (Phi) is 5.71. The number of nitrogens with one attached hydrogen (secondary N) is 1. The largest absolute Gasteiger partial charge is 0.550 e. The number of carbonyl (C=O) groups is 3. The quantitative estimate of drug-likeness (QED) is 0.725. The Morgan fingerprint density at radius 2 is 1.85 bits per heavy atom. The summed E-state index contributed by atoms with van der Waals surface area (Å²) in [6, 6.07) is 5.86. The van der Waals surface area contributed by atoms with Gasteiger partial charge in [0.2, 0.25) is 5.91 Å². The third kappa shape index (κ3) is 4.38. The van der Waals surface area contributed by atoms with E-state index in [9.17, 15) is 24.6 Å². The summed E-state index contributed by atoms with van der Waals surface area (Å²) in [5, 5.41) is 24.0. The number of anilines is 1. The van der Waals surface area contributed by atoms with Crippen LogP contribution in [0, 0.1) is 5.92 Å². The van der Waals surface area contributed by atoms with E-state index in [0.29, 0.717) is 6.42 Å². The van der Waals surface area contributed by atoms with Crippen LogP contribution in [0.2, 0.25) is 0 Å². The molecule has 0 fully saturated rings. The Labute approximate surface area is 116 Å². The standard InChI is InChI=1S/C14H17NO5/c1-2-9(13(17)18)7-8-12(16)15-11-6-4-3-5-10(11)14(19)20/h3-6,9H,2,7-8H2,1H3,(H,15,16)(H,17,18)(H,19,20)/p-2/t9-/m1/s1. The van der Waals surface area contributed by atoms with Crippen molar-refractivity contribution >= 4 is 23.5 Å². The minimum Gasteiger partial charge on any atom is -0.550 e. The molecular formula is C14H15NO5-2. The highest BCUT2D eigenvalue weighted by molar-refractivity contribution is 5.99. The first-order valence-electron chi connectivity index (χ1n) is 6.26. The minimum atomic E-state index is -1.39. The van der Waals surface area contributed by atoms with Crippen molar-refractivity contribution in [2.45, 2.75) is 26.2 Å². The lowest BCUT2D eigenvalue weighted by molar-refractivity contribution is -0.311. The van der Waals surface area contributed by atoms with E-state index in [1.54, 1.807) is 13.0 Å². The van der Waals surface area contributed by atoms with Crippen LogP contribution in [0.1, 0.15) is 36.5 Å². The van der Waals surface area contributed by atoms with Gasteiger partial charge in [0.25, 0.3) is 0 Å². The van der Waals surface area contributed by atoms with Crippen molar-refractivity contribution in [1.82, 2.24) is 0 Å². The first-order chi connectivity index (χ1) is 9.45. The normalized spacial score (nSPS) is 11.7. The zero-order valence-corrected chi connectivity index (χ0v) is 11.0. The van der Waals surface area contributed by atoms with E-state index in [2.05, 4.69) is 5.32 Å². The number of carbonyl (C=O) groups excluding carboxylic acids is 3. The molecule has 108 valence electrons. The Bertz CT molecular complexity index is 512. The highest BCUT2D eigenvalue weighted by atomic mass is 16.4. The van der Waals surface area contributed by atoms with Crippen molar-refractivity contribution in [2.75, 3.05) is 5.32 Å². The fourth-order valence-corrected chi connectivity index (χ4v) is 1.78. The summed E-state index contributed by atoms with van der Waals surface area (Å²) in [6.07, 6.45) is 0.511. The Balaban J connectivity index is 2.63. The van der Waals surface area contributed by atoms with E-state index in [-0.39, 0.29) is 24.1 Å². The van der Waals surface area contributed by atoms with Crippen molar-refractivity contribution in [3.8, 4) is 0 Å². The third-order valence-corrected chi connectivity index (χ3v) is 2.97. The average molecular weight is 277 g/mol. The highest BCUT2D eigenvalue weighted by Gasteiger charge is 2.12. The molecule has 0 saturated heterocycles. The lowest BCUT2D eigenvalue weighted by Gasteiger charge is -2.16. The van der Waals surface area contributed by atoms with Gasteiger partial charge in [0.05, 0.1) is 5.97 Å². The number of rotatable bonds is 7. The second-order valence-corrected chi connectivity index (χ2v) is 4.34. The molecule has 0 heterocycles. The predicted octanol–water partition coefficient (Wildman–Crippen LogP) is -0.455. The Hall–Kier alpha value is -2.37. The van der Waals surface area contributed by atoms with Gasteiger partial charge in [-0.25, -0.2) is 0 Å². The van der Waals surface area contributed by atoms with Crippen LogP contribution in [-0.4, -0.2) is 17.8 Å². The van der Waals surface area contributed by atoms with Crippen LogP contribution in [-0.2, 0) is 9.59 Å². The first kappa shape index (κ1) is 15.7. The first-order valence-corrected chi connectivity index (χ1v) is 6.26. The van der Waals surface area contributed by atoms with Gasteiger partial charge < -0.3 is 25.1 Å². The van der Waals surface area contributed by atoms with Crippen LogP contribution in [0.4, 0.5) is 5.69 Å². The molecule has 1 aromatic rings. The van der Waals surface area contributed by atoms with Crippen LogP contribution in [0.25, 0.3) is 0 Å². The molecule has 1 amide bonds. The number of benzene rings is 1. The maximum atomic E-state index is 11.7. The number of aromatic carboxylic acids is 1. The van der Waals surface area contributed by atoms with Crippen molar-refractivity contribution in [1.29, 1.82) is 0 Å². The van der Waals surface area contributed by atoms with Gasteiger partial charge in [-0.3, -0.25) is 4.79 Å². The predicted molar refractivity (Wildman–Crippen MR) is 67.4 cm³/mol. The summed E-state index contributed by atoms with van der Waals surface area (Å²) < 4.78 is 0. The van der Waals surface area contributed by atoms with E-state index in [4.69, 9.17) is 0 Å². The van der Waals surface area contributed by atoms with E-state index in [1.165, 1.54) is 18.2 Å². The monoisotopic (exact) mass is 277 g/mol. The number of carboxylic acid groups (broad SMARTS) is 2. The number of carboxylic acids is 2. The molecule has 1 rings (SSSR count). The van der Waals surface area contributed by atoms with Crippen LogP contribution in [0.5, 0.6) is 0 Å². The summed E-state index contributed by atoms with van der Waals surface area (Å²) in [6.45, 7) is 1.70. The van der Waals surface area contributed by atoms with Crippen LogP contribution in [0.3, 0.4) is 0 Å². The van der Waals surface area contributed by atoms with Gasteiger partial charge >= 0.3 is 0 Å². The molecular weight excluding hydrogens is 262 g/mol. The van der Waals surface area contributed by atoms with E-state index < -0.39 is 23.8 Å². The number of para-hydroxylation sites is 1. The van der Waals surface area contributed by atoms with Crippen LogP contribution in [0.15, 0.2) is 24.3 Å². The number of amides is 1. The number of aliphatic carboxylic acids is 1. The van der Waals surface area contributed by atoms with Gasteiger partial charge in [-0.05, 0) is 24.8 Å². The second kappa shape index (κ2) is 7.28. The molecule has 0 unspecified atom stereocenters. The van der Waals surface area contributed by atoms with E-state index in [0.717, 1.165) is 0 Å². The second-order valence-electron chi connectivity index (χ2n) is 4.34. The summed E-state index contributed by atoms with van der Waals surface area (Å²) >= 11 is 0. The van der Waals surface area contributed by atoms with Crippen molar-refractivity contribution in [3.05, 3.63) is 29.8 Å². The van der Waals surface area contributed by atoms with Gasteiger partial charge in [-0.15, -0.1) is 0 Å². The maximum Gasteiger partial charge on any atom is 0.224 e. The lowest BCUT2D eigenvalue weighted by atomic mass is 10.0. The molecule has 20 heavy (non-hydrogen) atoms. The Morgan fingerprint density at radius 1 is 1.20 bits per heavy atom. The molecule has 6 nitrogen and oxygen atoms in total. The highest BCUT2D eigenvalue weighted by Crippen LogP contribution is 2.16. The van der Waals surface area contributed by atoms with Gasteiger partial charge in [0, 0.05) is 23.6 Å². The fourth-order valence-electron chi connectivity index (χ4n) is 1.78. The van der Waals surface area contributed by atoms with Crippen molar-refractivity contribution in [2.24, 2.45) is 5.92 Å². The lowest BCUT2D eigenvalue weighted by Crippen LogP contribution is -2.31. The topological polar surface area (TPSA) is 109 Å². The minimum absolute atomic E-state index is 0.0200. The zero-order valence-electron chi connectivity index (χ0n) is 11.0. The maximum absolute atomic E-state index is 11.7. The van der Waals surface area contributed by atoms with Crippen LogP contribution < -0.4 is 15.5 Å². The summed E-state index contributed by atoms with van der Waals surface area (Å²) in [5.74, 6) is -3.70. The third-order valence-electron chi connectivity index (χ3n) is 2.97. The summed E-state index contributed by atoms with van der Waals surface area (Å²) in [5.41, 5.74) is 0.0202. The molecule has 0 aliphatic carbocycles. The fraction of sp³-hybridized carbons (Fsp3) is 0.357. The smallest absolute Gasteiger partial charge is 0.224 e. The molecule has 0 spiro atoms. The number of hydrogen-bond acceptors (Lipinski definition) is 5. The van der Waals surface area contributed by atoms with Gasteiger partial charge in [0.15, 0.2) is 0 Å². The molecule has 0 radical (unpaired) electrons. The van der Waals surface area contributed by atoms with Crippen molar-refractivity contribution < 1.29 is 24.6 Å². The van der Waals surface area contributed by atoms with E-state index >= 15 is 0 Å². The molecule has 1 atom stereocenters. The van der Waals surface area contributed by atoms with E-state index in [1.807, 2.05) is 0 Å². The molecule has 0 aliphatic heterocycles. The molecule has 6 heteroatoms. The SMILES string of the molecule is CC[C@H](CCC(=O)Nc1ccccc1C(=O)[O-])C(=O)[O-]. The summed E-state index contributed by atoms with van der Waals surface area (Å²) in [7, 11) is 0. The van der Waals surface area contributed by atoms with Gasteiger partial charge in [-0.1, -0.05) is 25.1 Å². The summed E-state index contributed by atoms with van der Waals surface area (Å²) in [4.78, 5) is 33.3. The molecule has 1 N–H and O–H groups in total. The zero-order chi connectivity index (χ0) is 15.1. The molecule has 1 aromatic carbocycles. The molecule has 0 bridgehead atoms. The number of hydrogen-bond donors (Lipinski definition) is 1. The average Bonchev–Trinajstić information content (AvgIpc) is 2.39. The van der Waals surface area contributed by atoms with Gasteiger partial charge in [-0.2, -0.15) is 0 Å². The van der Waals surface area contributed by atoms with Crippen molar-refractivity contribution in [3.63, 3.8) is 0 Å². The molecule has 0 saturated carbocycles. The molecule has 0 aliphatic rings. The Morgan fingerprint density at radius 3 is 2.40 bits per heavy atom. The molecule has 0 aromatic heterocycles. The van der Waals surface area contributed by atoms with Crippen LogP contribution >= 0.6 is 0 Å². The van der Waals surface area contributed by atoms with Gasteiger partial charge in [0.1, 0.15) is 0 Å².